The molecule has 2 atom stereocenters. The third-order valence-electron chi connectivity index (χ3n) is 8.06. The van der Waals surface area contributed by atoms with Gasteiger partial charge in [-0.15, -0.1) is 0 Å². The molecule has 7 heteroatoms. The zero-order chi connectivity index (χ0) is 22.4. The van der Waals surface area contributed by atoms with Crippen LogP contribution < -0.4 is 15.1 Å². The topological polar surface area (TPSA) is 66.9 Å². The molecule has 2 saturated carbocycles. The summed E-state index contributed by atoms with van der Waals surface area (Å²) < 4.78 is 11.2. The summed E-state index contributed by atoms with van der Waals surface area (Å²) in [7, 11) is 1.81. The van der Waals surface area contributed by atoms with Gasteiger partial charge >= 0.3 is 0 Å². The van der Waals surface area contributed by atoms with Gasteiger partial charge in [0.05, 0.1) is 37.2 Å². The smallest absolute Gasteiger partial charge is 0.231 e. The van der Waals surface area contributed by atoms with Gasteiger partial charge < -0.3 is 24.6 Å². The fourth-order valence-electron chi connectivity index (χ4n) is 6.37. The minimum atomic E-state index is 0.0783. The van der Waals surface area contributed by atoms with E-state index in [0.717, 1.165) is 80.4 Å². The first-order valence-corrected chi connectivity index (χ1v) is 12.2. The highest BCUT2D eigenvalue weighted by molar-refractivity contribution is 6.00. The lowest BCUT2D eigenvalue weighted by Gasteiger charge is -2.37. The summed E-state index contributed by atoms with van der Waals surface area (Å²) in [5.41, 5.74) is 4.08. The normalized spacial score (nSPS) is 28.5. The Kier molecular flexibility index (Phi) is 5.46. The number of nitrogens with one attached hydrogen (secondary N) is 1. The molecular formula is C26H32N4O3. The van der Waals surface area contributed by atoms with Gasteiger partial charge in [0, 0.05) is 43.6 Å². The van der Waals surface area contributed by atoms with Gasteiger partial charge in [0.15, 0.2) is 0 Å². The number of carbonyl (C=O) groups excluding carboxylic acids is 1. The van der Waals surface area contributed by atoms with Crippen molar-refractivity contribution in [1.82, 2.24) is 4.98 Å². The molecule has 3 fully saturated rings. The van der Waals surface area contributed by atoms with E-state index in [9.17, 15) is 4.79 Å². The quantitative estimate of drug-likeness (QED) is 0.767. The molecule has 1 N–H and O–H groups in total. The SMILES string of the molecule is COC1CC2CCC(C1)C2C(=O)N1Cc2cccnc2Nc2ccc(N3CCOCC3)cc21. The van der Waals surface area contributed by atoms with E-state index in [1.165, 1.54) is 0 Å². The van der Waals surface area contributed by atoms with Crippen LogP contribution in [0.1, 0.15) is 31.2 Å². The number of hydrogen-bond acceptors (Lipinski definition) is 6. The number of morpholine rings is 1. The molecule has 1 amide bonds. The zero-order valence-electron chi connectivity index (χ0n) is 19.2. The van der Waals surface area contributed by atoms with Crippen molar-refractivity contribution in [1.29, 1.82) is 0 Å². The molecule has 0 radical (unpaired) electrons. The van der Waals surface area contributed by atoms with Crippen molar-refractivity contribution in [2.45, 2.75) is 38.3 Å². The molecule has 33 heavy (non-hydrogen) atoms. The summed E-state index contributed by atoms with van der Waals surface area (Å²) in [5, 5.41) is 3.51. The molecule has 2 aromatic rings. The van der Waals surface area contributed by atoms with Gasteiger partial charge in [-0.05, 0) is 61.8 Å². The Morgan fingerprint density at radius 1 is 1.15 bits per heavy atom. The number of fused-ring (bicyclic) bond motifs is 4. The highest BCUT2D eigenvalue weighted by atomic mass is 16.5. The maximum Gasteiger partial charge on any atom is 0.231 e. The van der Waals surface area contributed by atoms with Crippen LogP contribution >= 0.6 is 0 Å². The fourth-order valence-corrected chi connectivity index (χ4v) is 6.37. The predicted octanol–water partition coefficient (Wildman–Crippen LogP) is 3.96. The number of pyridine rings is 1. The van der Waals surface area contributed by atoms with E-state index < -0.39 is 0 Å². The summed E-state index contributed by atoms with van der Waals surface area (Å²) in [4.78, 5) is 23.2. The van der Waals surface area contributed by atoms with Crippen LogP contribution in [-0.2, 0) is 20.8 Å². The van der Waals surface area contributed by atoms with E-state index in [0.29, 0.717) is 24.5 Å². The largest absolute Gasteiger partial charge is 0.381 e. The van der Waals surface area contributed by atoms with Crippen molar-refractivity contribution >= 4 is 28.8 Å². The first kappa shape index (κ1) is 20.9. The number of anilines is 4. The van der Waals surface area contributed by atoms with Crippen LogP contribution in [0.2, 0.25) is 0 Å². The minimum absolute atomic E-state index is 0.0783. The first-order chi connectivity index (χ1) is 16.2. The summed E-state index contributed by atoms with van der Waals surface area (Å²) in [6, 6.07) is 10.4. The predicted molar refractivity (Wildman–Crippen MR) is 128 cm³/mol. The number of ether oxygens (including phenoxy) is 2. The maximum absolute atomic E-state index is 14.2. The lowest BCUT2D eigenvalue weighted by molar-refractivity contribution is -0.127. The molecule has 2 unspecified atom stereocenters. The summed E-state index contributed by atoms with van der Waals surface area (Å²) in [6.07, 6.45) is 6.35. The van der Waals surface area contributed by atoms with Crippen molar-refractivity contribution in [2.24, 2.45) is 17.8 Å². The number of hydrogen-bond donors (Lipinski definition) is 1. The second-order valence-corrected chi connectivity index (χ2v) is 9.81. The molecule has 7 nitrogen and oxygen atoms in total. The maximum atomic E-state index is 14.2. The molecule has 6 rings (SSSR count). The Balaban J connectivity index is 1.38. The molecule has 1 aromatic carbocycles. The summed E-state index contributed by atoms with van der Waals surface area (Å²) >= 11 is 0. The van der Waals surface area contributed by atoms with Gasteiger partial charge in [-0.3, -0.25) is 4.79 Å². The third-order valence-corrected chi connectivity index (χ3v) is 8.06. The van der Waals surface area contributed by atoms with Crippen LogP contribution in [0.4, 0.5) is 22.9 Å². The average molecular weight is 449 g/mol. The van der Waals surface area contributed by atoms with Crippen LogP contribution in [0.25, 0.3) is 0 Å². The standard InChI is InChI=1S/C26H32N4O3/c1-32-21-13-17-4-5-18(14-21)24(17)26(31)30-16-19-3-2-8-27-25(19)28-22-7-6-20(15-23(22)30)29-9-11-33-12-10-29/h2-3,6-8,15,17-18,21,24H,4-5,9-14,16H2,1H3,(H,27,28). The van der Waals surface area contributed by atoms with Gasteiger partial charge in [-0.1, -0.05) is 6.07 Å². The van der Waals surface area contributed by atoms with Crippen molar-refractivity contribution in [2.75, 3.05) is 48.5 Å². The van der Waals surface area contributed by atoms with Crippen molar-refractivity contribution in [3.63, 3.8) is 0 Å². The zero-order valence-corrected chi connectivity index (χ0v) is 19.2. The van der Waals surface area contributed by atoms with Crippen LogP contribution in [0.5, 0.6) is 0 Å². The summed E-state index contributed by atoms with van der Waals surface area (Å²) in [5.74, 6) is 2.00. The van der Waals surface area contributed by atoms with Crippen LogP contribution in [0.3, 0.4) is 0 Å². The van der Waals surface area contributed by atoms with E-state index >= 15 is 0 Å². The Bertz CT molecular complexity index is 1020. The molecule has 3 heterocycles. The average Bonchev–Trinajstić information content (AvgIpc) is 3.03. The van der Waals surface area contributed by atoms with Gasteiger partial charge in [0.1, 0.15) is 5.82 Å². The molecule has 1 saturated heterocycles. The van der Waals surface area contributed by atoms with Gasteiger partial charge in [0.25, 0.3) is 0 Å². The number of amides is 1. The Morgan fingerprint density at radius 3 is 2.70 bits per heavy atom. The van der Waals surface area contributed by atoms with Gasteiger partial charge in [0.2, 0.25) is 5.91 Å². The summed E-state index contributed by atoms with van der Waals surface area (Å²) in [6.45, 7) is 3.75. The molecule has 2 aliphatic carbocycles. The molecule has 0 spiro atoms. The number of methoxy groups -OCH3 is 1. The first-order valence-electron chi connectivity index (χ1n) is 12.2. The van der Waals surface area contributed by atoms with E-state index in [1.54, 1.807) is 13.3 Å². The molecule has 2 aliphatic heterocycles. The molecule has 174 valence electrons. The van der Waals surface area contributed by atoms with Crippen LogP contribution in [-0.4, -0.2) is 50.4 Å². The lowest BCUT2D eigenvalue weighted by atomic mass is 9.76. The highest BCUT2D eigenvalue weighted by Crippen LogP contribution is 2.49. The third kappa shape index (κ3) is 3.77. The minimum Gasteiger partial charge on any atom is -0.381 e. The number of rotatable bonds is 3. The van der Waals surface area contributed by atoms with E-state index in [4.69, 9.17) is 9.47 Å². The van der Waals surface area contributed by atoms with Gasteiger partial charge in [-0.25, -0.2) is 4.98 Å². The molecular weight excluding hydrogens is 416 g/mol. The fraction of sp³-hybridized carbons (Fsp3) is 0.538. The monoisotopic (exact) mass is 448 g/mol. The van der Waals surface area contributed by atoms with Crippen molar-refractivity contribution in [3.8, 4) is 0 Å². The van der Waals surface area contributed by atoms with Crippen molar-refractivity contribution in [3.05, 3.63) is 42.1 Å². The number of aromatic nitrogens is 1. The van der Waals surface area contributed by atoms with E-state index in [-0.39, 0.29) is 11.8 Å². The van der Waals surface area contributed by atoms with E-state index in [2.05, 4.69) is 39.5 Å². The molecule has 4 aliphatic rings. The number of nitrogens with zero attached hydrogens (tertiary/aromatic N) is 3. The number of carbonyl (C=O) groups is 1. The Hall–Kier alpha value is -2.64. The Morgan fingerprint density at radius 2 is 1.94 bits per heavy atom. The molecule has 1 aromatic heterocycles. The lowest BCUT2D eigenvalue weighted by Crippen LogP contribution is -2.43. The van der Waals surface area contributed by atoms with Crippen molar-refractivity contribution < 1.29 is 14.3 Å². The van der Waals surface area contributed by atoms with Gasteiger partial charge in [-0.2, -0.15) is 0 Å². The van der Waals surface area contributed by atoms with Crippen LogP contribution in [0, 0.1) is 17.8 Å². The Labute approximate surface area is 195 Å². The second kappa shape index (κ2) is 8.61. The highest BCUT2D eigenvalue weighted by Gasteiger charge is 2.48. The number of benzene rings is 1. The van der Waals surface area contributed by atoms with E-state index in [1.807, 2.05) is 11.0 Å². The second-order valence-electron chi connectivity index (χ2n) is 9.81. The van der Waals surface area contributed by atoms with Crippen LogP contribution in [0.15, 0.2) is 36.5 Å². The molecule has 2 bridgehead atoms.